The summed E-state index contributed by atoms with van der Waals surface area (Å²) >= 11 is 0. The van der Waals surface area contributed by atoms with Crippen LogP contribution in [-0.4, -0.2) is 39.9 Å². The summed E-state index contributed by atoms with van der Waals surface area (Å²) in [6.07, 6.45) is 8.01. The Labute approximate surface area is 206 Å². The normalized spacial score (nSPS) is 45.0. The number of hydrogen-bond donors (Lipinski definition) is 3. The van der Waals surface area contributed by atoms with E-state index in [-0.39, 0.29) is 34.6 Å². The summed E-state index contributed by atoms with van der Waals surface area (Å²) < 4.78 is 0. The van der Waals surface area contributed by atoms with E-state index >= 15 is 0 Å². The summed E-state index contributed by atoms with van der Waals surface area (Å²) in [5.74, 6) is 1.37. The molecule has 0 spiro atoms. The van der Waals surface area contributed by atoms with Gasteiger partial charge in [0.2, 0.25) is 0 Å². The Kier molecular flexibility index (Phi) is 6.57. The molecule has 0 aromatic heterocycles. The fourth-order valence-corrected chi connectivity index (χ4v) is 9.24. The quantitative estimate of drug-likeness (QED) is 0.455. The first kappa shape index (κ1) is 26.1. The van der Waals surface area contributed by atoms with Gasteiger partial charge >= 0.3 is 0 Å². The number of aliphatic hydroxyl groups is 3. The van der Waals surface area contributed by atoms with Crippen molar-refractivity contribution >= 4 is 5.78 Å². The van der Waals surface area contributed by atoms with E-state index in [2.05, 4.69) is 47.6 Å². The van der Waals surface area contributed by atoms with Gasteiger partial charge in [0, 0.05) is 23.8 Å². The molecule has 0 bridgehead atoms. The van der Waals surface area contributed by atoms with Crippen LogP contribution >= 0.6 is 0 Å². The van der Waals surface area contributed by atoms with Crippen molar-refractivity contribution in [3.63, 3.8) is 0 Å². The highest BCUT2D eigenvalue weighted by Gasteiger charge is 2.67. The molecule has 4 nitrogen and oxygen atoms in total. The monoisotopic (exact) mass is 472 g/mol. The maximum absolute atomic E-state index is 14.1. The summed E-state index contributed by atoms with van der Waals surface area (Å²) in [5, 5.41) is 31.5. The van der Waals surface area contributed by atoms with Crippen LogP contribution in [0.1, 0.15) is 99.8 Å². The number of fused-ring (bicyclic) bond motifs is 4. The Morgan fingerprint density at radius 3 is 2.44 bits per heavy atom. The second kappa shape index (κ2) is 8.56. The molecule has 192 valence electrons. The second-order valence-electron chi connectivity index (χ2n) is 13.6. The lowest BCUT2D eigenvalue weighted by atomic mass is 9.42. The molecule has 0 radical (unpaired) electrons. The van der Waals surface area contributed by atoms with Gasteiger partial charge in [-0.1, -0.05) is 58.8 Å². The Morgan fingerprint density at radius 2 is 1.79 bits per heavy atom. The van der Waals surface area contributed by atoms with Gasteiger partial charge in [0.15, 0.2) is 5.78 Å². The van der Waals surface area contributed by atoms with Crippen molar-refractivity contribution in [3.8, 4) is 0 Å². The number of carbonyl (C=O) groups excluding carboxylic acids is 1. The molecule has 4 aliphatic rings. The van der Waals surface area contributed by atoms with Crippen LogP contribution < -0.4 is 0 Å². The van der Waals surface area contributed by atoms with Crippen molar-refractivity contribution in [2.45, 2.75) is 112 Å². The summed E-state index contributed by atoms with van der Waals surface area (Å²) in [4.78, 5) is 14.1. The first-order valence-corrected chi connectivity index (χ1v) is 13.6. The zero-order valence-corrected chi connectivity index (χ0v) is 22.6. The average Bonchev–Trinajstić information content (AvgIpc) is 3.03. The molecule has 4 rings (SSSR count). The van der Waals surface area contributed by atoms with Crippen LogP contribution in [0.25, 0.3) is 0 Å². The Balaban J connectivity index is 1.71. The highest BCUT2D eigenvalue weighted by atomic mass is 16.3. The lowest BCUT2D eigenvalue weighted by molar-refractivity contribution is -0.160. The largest absolute Gasteiger partial charge is 0.392 e. The van der Waals surface area contributed by atoms with E-state index in [1.54, 1.807) is 0 Å². The molecule has 3 N–H and O–H groups in total. The molecule has 0 aromatic rings. The van der Waals surface area contributed by atoms with Gasteiger partial charge in [0.25, 0.3) is 0 Å². The molecule has 0 aliphatic heterocycles. The first-order chi connectivity index (χ1) is 15.7. The smallest absolute Gasteiger partial charge is 0.160 e. The second-order valence-corrected chi connectivity index (χ2v) is 13.6. The van der Waals surface area contributed by atoms with Crippen LogP contribution in [0.15, 0.2) is 22.8 Å². The number of ketones is 1. The van der Waals surface area contributed by atoms with Crippen LogP contribution in [0.4, 0.5) is 0 Å². The molecule has 34 heavy (non-hydrogen) atoms. The summed E-state index contributed by atoms with van der Waals surface area (Å²) in [7, 11) is 0. The minimum Gasteiger partial charge on any atom is -0.392 e. The third kappa shape index (κ3) is 3.45. The molecule has 2 fully saturated rings. The number of Topliss-reactive ketones (excluding diaryl/α,β-unsaturated/α-hetero) is 1. The summed E-state index contributed by atoms with van der Waals surface area (Å²) in [5.41, 5.74) is 2.33. The molecule has 0 aromatic carbocycles. The van der Waals surface area contributed by atoms with Crippen LogP contribution in [0.5, 0.6) is 0 Å². The molecule has 0 heterocycles. The van der Waals surface area contributed by atoms with Crippen LogP contribution in [-0.2, 0) is 4.79 Å². The number of aliphatic hydroxyl groups excluding tert-OH is 3. The van der Waals surface area contributed by atoms with Crippen molar-refractivity contribution in [2.24, 2.45) is 39.4 Å². The van der Waals surface area contributed by atoms with Gasteiger partial charge in [-0.2, -0.15) is 0 Å². The van der Waals surface area contributed by atoms with Crippen LogP contribution in [0.2, 0.25) is 0 Å². The van der Waals surface area contributed by atoms with Crippen molar-refractivity contribution in [2.75, 3.05) is 6.61 Å². The van der Waals surface area contributed by atoms with E-state index in [1.807, 2.05) is 6.92 Å². The van der Waals surface area contributed by atoms with Gasteiger partial charge in [0.1, 0.15) is 0 Å². The van der Waals surface area contributed by atoms with Gasteiger partial charge < -0.3 is 15.3 Å². The van der Waals surface area contributed by atoms with E-state index in [1.165, 1.54) is 5.57 Å². The van der Waals surface area contributed by atoms with Crippen molar-refractivity contribution < 1.29 is 20.1 Å². The molecule has 2 saturated carbocycles. The number of allylic oxidation sites excluding steroid dienone is 2. The van der Waals surface area contributed by atoms with Crippen molar-refractivity contribution in [1.82, 2.24) is 0 Å². The lowest BCUT2D eigenvalue weighted by Crippen LogP contribution is -2.62. The highest BCUT2D eigenvalue weighted by Crippen LogP contribution is 2.71. The lowest BCUT2D eigenvalue weighted by Gasteiger charge is -2.62. The molecule has 4 aliphatic carbocycles. The summed E-state index contributed by atoms with van der Waals surface area (Å²) in [6.45, 7) is 15.6. The number of hydrogen-bond acceptors (Lipinski definition) is 4. The standard InChI is InChI=1S/C30H48O4/c1-18(17-31)9-8-10-19(2)20-13-14-28(5)21-11-12-23-27(3,4)24(33)15-25(34)30(23,7)26(21)22(32)16-29(20,28)6/h9,19-20,23-25,31,33-34H,8,10-17H2,1-7H3/b18-9+/t19-,20+,23+,24+,25-,28-,29+,30-/m1/s1. The van der Waals surface area contributed by atoms with E-state index in [4.69, 9.17) is 0 Å². The first-order valence-electron chi connectivity index (χ1n) is 13.6. The van der Waals surface area contributed by atoms with Gasteiger partial charge in [-0.05, 0) is 79.4 Å². The molecule has 0 saturated heterocycles. The molecule has 0 amide bonds. The van der Waals surface area contributed by atoms with Gasteiger partial charge in [0.05, 0.1) is 18.8 Å². The van der Waals surface area contributed by atoms with E-state index in [9.17, 15) is 20.1 Å². The van der Waals surface area contributed by atoms with Crippen molar-refractivity contribution in [3.05, 3.63) is 22.8 Å². The average molecular weight is 473 g/mol. The highest BCUT2D eigenvalue weighted by molar-refractivity contribution is 6.00. The fourth-order valence-electron chi connectivity index (χ4n) is 9.24. The predicted molar refractivity (Wildman–Crippen MR) is 136 cm³/mol. The van der Waals surface area contributed by atoms with E-state index in [0.29, 0.717) is 24.7 Å². The van der Waals surface area contributed by atoms with Gasteiger partial charge in [-0.3, -0.25) is 4.79 Å². The minimum absolute atomic E-state index is 0.0140. The fraction of sp³-hybridized carbons (Fsp3) is 0.833. The number of carbonyl (C=O) groups is 1. The summed E-state index contributed by atoms with van der Waals surface area (Å²) in [6, 6.07) is 0. The Hall–Kier alpha value is -0.970. The number of rotatable bonds is 5. The van der Waals surface area contributed by atoms with E-state index < -0.39 is 17.6 Å². The molecule has 8 atom stereocenters. The van der Waals surface area contributed by atoms with Crippen LogP contribution in [0, 0.1) is 39.4 Å². The molecular formula is C30H48O4. The van der Waals surface area contributed by atoms with Gasteiger partial charge in [-0.15, -0.1) is 0 Å². The third-order valence-corrected chi connectivity index (χ3v) is 11.7. The molecule has 4 heteroatoms. The maximum atomic E-state index is 14.1. The third-order valence-electron chi connectivity index (χ3n) is 11.7. The zero-order chi connectivity index (χ0) is 25.3. The zero-order valence-electron chi connectivity index (χ0n) is 22.6. The van der Waals surface area contributed by atoms with Crippen molar-refractivity contribution in [1.29, 1.82) is 0 Å². The maximum Gasteiger partial charge on any atom is 0.160 e. The Morgan fingerprint density at radius 1 is 1.12 bits per heavy atom. The topological polar surface area (TPSA) is 77.8 Å². The van der Waals surface area contributed by atoms with Gasteiger partial charge in [-0.25, -0.2) is 0 Å². The molecule has 0 unspecified atom stereocenters. The SMILES string of the molecule is C/C(=C\CC[C@@H](C)[C@@H]1CC[C@]2(C)C3=C(C(=O)C[C@@]12C)[C@@]1(C)[C@H](O)C[C@H](O)C(C)(C)[C@@H]1CC3)CO. The minimum atomic E-state index is -0.680. The molecular weight excluding hydrogens is 424 g/mol. The predicted octanol–water partition coefficient (Wildman–Crippen LogP) is 5.60. The van der Waals surface area contributed by atoms with E-state index in [0.717, 1.165) is 49.7 Å². The Bertz CT molecular complexity index is 899. The van der Waals surface area contributed by atoms with Crippen LogP contribution in [0.3, 0.4) is 0 Å².